The monoisotopic (exact) mass is 858 g/mol. The Hall–Kier alpha value is -3.26. The fourth-order valence-electron chi connectivity index (χ4n) is 5.08. The highest BCUT2D eigenvalue weighted by molar-refractivity contribution is 14.1. The van der Waals surface area contributed by atoms with Gasteiger partial charge >= 0.3 is 5.97 Å². The molecule has 226 valence electrons. The van der Waals surface area contributed by atoms with Gasteiger partial charge in [-0.3, -0.25) is 9.36 Å². The predicted molar refractivity (Wildman–Crippen MR) is 195 cm³/mol. The summed E-state index contributed by atoms with van der Waals surface area (Å²) >= 11 is 11.8. The third-order valence-electron chi connectivity index (χ3n) is 7.10. The van der Waals surface area contributed by atoms with Gasteiger partial charge in [0.25, 0.3) is 5.56 Å². The molecule has 6 nitrogen and oxygen atoms in total. The number of rotatable bonds is 8. The van der Waals surface area contributed by atoms with Gasteiger partial charge in [0, 0.05) is 10.6 Å². The molecule has 0 saturated heterocycles. The summed E-state index contributed by atoms with van der Waals surface area (Å²) in [5.74, 6) is 0.280. The first kappa shape index (κ1) is 31.7. The molecule has 6 rings (SSSR count). The molecule has 45 heavy (non-hydrogen) atoms. The number of aromatic nitrogens is 1. The van der Waals surface area contributed by atoms with Crippen molar-refractivity contribution in [1.82, 2.24) is 4.57 Å². The molecule has 0 radical (unpaired) electrons. The van der Waals surface area contributed by atoms with E-state index in [2.05, 4.69) is 45.2 Å². The van der Waals surface area contributed by atoms with E-state index in [0.29, 0.717) is 32.2 Å². The van der Waals surface area contributed by atoms with Crippen molar-refractivity contribution < 1.29 is 14.3 Å². The minimum Gasteiger partial charge on any atom is -0.487 e. The molecule has 5 aromatic rings. The van der Waals surface area contributed by atoms with Gasteiger partial charge in [0.1, 0.15) is 12.4 Å². The van der Waals surface area contributed by atoms with Crippen molar-refractivity contribution in [2.45, 2.75) is 19.6 Å². The first-order valence-electron chi connectivity index (χ1n) is 14.0. The third kappa shape index (κ3) is 6.81. The average Bonchev–Trinajstić information content (AvgIpc) is 3.35. The van der Waals surface area contributed by atoms with Gasteiger partial charge in [-0.2, -0.15) is 0 Å². The SMILES string of the molecule is CCOC(=O)C1=C(c2ccccc2)N=c2s/c(=C\c3cc(I)c(OCc4ccc(Cl)cc4)c(I)c3)c(=O)n2[C@H]1c1ccccc1. The number of fused-ring (bicyclic) bond motifs is 1. The molecule has 0 unspecified atom stereocenters. The molecule has 0 aliphatic carbocycles. The van der Waals surface area contributed by atoms with Gasteiger partial charge in [0.05, 0.1) is 35.6 Å². The second-order valence-electron chi connectivity index (χ2n) is 10.1. The third-order valence-corrected chi connectivity index (χ3v) is 9.94. The van der Waals surface area contributed by atoms with Crippen LogP contribution in [-0.4, -0.2) is 17.1 Å². The molecule has 1 atom stereocenters. The van der Waals surface area contributed by atoms with Crippen molar-refractivity contribution in [2.24, 2.45) is 4.99 Å². The lowest BCUT2D eigenvalue weighted by Crippen LogP contribution is -2.40. The van der Waals surface area contributed by atoms with Crippen LogP contribution in [0.25, 0.3) is 11.8 Å². The second-order valence-corrected chi connectivity index (χ2v) is 13.8. The molecule has 0 saturated carbocycles. The maximum atomic E-state index is 14.2. The maximum Gasteiger partial charge on any atom is 0.338 e. The van der Waals surface area contributed by atoms with Crippen molar-refractivity contribution in [3.8, 4) is 5.75 Å². The summed E-state index contributed by atoms with van der Waals surface area (Å²) in [4.78, 5) is 33.2. The summed E-state index contributed by atoms with van der Waals surface area (Å²) in [5, 5.41) is 0.682. The van der Waals surface area contributed by atoms with Crippen LogP contribution < -0.4 is 19.6 Å². The summed E-state index contributed by atoms with van der Waals surface area (Å²) in [6, 6.07) is 29.9. The molecule has 1 aromatic heterocycles. The van der Waals surface area contributed by atoms with E-state index in [9.17, 15) is 9.59 Å². The molecule has 0 fully saturated rings. The van der Waals surface area contributed by atoms with E-state index >= 15 is 0 Å². The Morgan fingerprint density at radius 3 is 2.27 bits per heavy atom. The van der Waals surface area contributed by atoms with E-state index in [1.165, 1.54) is 11.3 Å². The normalized spacial score (nSPS) is 14.6. The zero-order valence-corrected chi connectivity index (χ0v) is 29.8. The number of thiazole rings is 1. The number of ether oxygens (including phenoxy) is 2. The van der Waals surface area contributed by atoms with E-state index in [0.717, 1.165) is 35.1 Å². The van der Waals surface area contributed by atoms with Crippen LogP contribution in [0.1, 0.15) is 35.2 Å². The van der Waals surface area contributed by atoms with Crippen molar-refractivity contribution in [2.75, 3.05) is 6.61 Å². The number of hydrogen-bond donors (Lipinski definition) is 0. The fourth-order valence-corrected chi connectivity index (χ4v) is 8.33. The standard InChI is InChI=1S/C35H25ClI2N2O4S/c1-2-43-34(42)29-30(23-9-5-3-6-10-23)39-35-40(31(29)24-11-7-4-8-12-24)33(41)28(45-35)19-22-17-26(37)32(27(38)18-22)44-20-21-13-15-25(36)16-14-21/h3-19,31H,2,20H2,1H3/b28-19-/t31-/m0/s1. The summed E-state index contributed by atoms with van der Waals surface area (Å²) in [6.45, 7) is 2.38. The molecule has 0 amide bonds. The minimum absolute atomic E-state index is 0.201. The van der Waals surface area contributed by atoms with Crippen LogP contribution in [0.2, 0.25) is 5.02 Å². The highest BCUT2D eigenvalue weighted by atomic mass is 127. The molecule has 0 bridgehead atoms. The summed E-state index contributed by atoms with van der Waals surface area (Å²) < 4.78 is 15.7. The fraction of sp³-hybridized carbons (Fsp3) is 0.114. The minimum atomic E-state index is -0.706. The quantitative estimate of drug-likeness (QED) is 0.121. The van der Waals surface area contributed by atoms with Crippen LogP contribution in [0.3, 0.4) is 0 Å². The van der Waals surface area contributed by atoms with E-state index in [4.69, 9.17) is 26.1 Å². The van der Waals surface area contributed by atoms with Crippen LogP contribution in [-0.2, 0) is 16.1 Å². The molecule has 2 heterocycles. The van der Waals surface area contributed by atoms with E-state index in [1.54, 1.807) is 11.5 Å². The van der Waals surface area contributed by atoms with Crippen molar-refractivity contribution in [3.05, 3.63) is 157 Å². The van der Waals surface area contributed by atoms with Crippen LogP contribution in [0.5, 0.6) is 5.75 Å². The second kappa shape index (κ2) is 14.0. The molecular formula is C35H25ClI2N2O4S. The number of carbonyl (C=O) groups excluding carboxylic acids is 1. The molecule has 10 heteroatoms. The Labute approximate surface area is 296 Å². The summed E-state index contributed by atoms with van der Waals surface area (Å²) in [6.07, 6.45) is 1.87. The lowest BCUT2D eigenvalue weighted by Gasteiger charge is -2.25. The van der Waals surface area contributed by atoms with Crippen LogP contribution in [0.4, 0.5) is 0 Å². The van der Waals surface area contributed by atoms with E-state index in [1.807, 2.05) is 103 Å². The Bertz CT molecular complexity index is 2070. The van der Waals surface area contributed by atoms with E-state index in [-0.39, 0.29) is 12.2 Å². The molecule has 4 aromatic carbocycles. The number of carbonyl (C=O) groups is 1. The summed E-state index contributed by atoms with van der Waals surface area (Å²) in [5.41, 5.74) is 4.05. The first-order valence-corrected chi connectivity index (χ1v) is 17.4. The van der Waals surface area contributed by atoms with Crippen LogP contribution >= 0.6 is 68.1 Å². The molecule has 1 aliphatic rings. The molecule has 0 N–H and O–H groups in total. The Morgan fingerprint density at radius 2 is 1.62 bits per heavy atom. The number of hydrogen-bond acceptors (Lipinski definition) is 6. The van der Waals surface area contributed by atoms with Gasteiger partial charge in [0.15, 0.2) is 4.80 Å². The van der Waals surface area contributed by atoms with Gasteiger partial charge in [0.2, 0.25) is 0 Å². The van der Waals surface area contributed by atoms with E-state index < -0.39 is 12.0 Å². The van der Waals surface area contributed by atoms with Gasteiger partial charge in [-0.15, -0.1) is 0 Å². The van der Waals surface area contributed by atoms with Crippen LogP contribution in [0.15, 0.2) is 112 Å². The van der Waals surface area contributed by atoms with Gasteiger partial charge in [-0.25, -0.2) is 9.79 Å². The van der Waals surface area contributed by atoms with Crippen molar-refractivity contribution in [1.29, 1.82) is 0 Å². The molecular weight excluding hydrogens is 834 g/mol. The Balaban J connectivity index is 1.46. The number of nitrogens with zero attached hydrogens (tertiary/aromatic N) is 2. The number of benzene rings is 4. The highest BCUT2D eigenvalue weighted by Crippen LogP contribution is 2.35. The highest BCUT2D eigenvalue weighted by Gasteiger charge is 2.35. The van der Waals surface area contributed by atoms with Gasteiger partial charge in [-0.05, 0) is 99.1 Å². The number of esters is 1. The van der Waals surface area contributed by atoms with Crippen LogP contribution in [0, 0.1) is 7.14 Å². The smallest absolute Gasteiger partial charge is 0.338 e. The predicted octanol–water partition coefficient (Wildman–Crippen LogP) is 7.38. The first-order chi connectivity index (χ1) is 21.8. The number of halogens is 3. The van der Waals surface area contributed by atoms with Gasteiger partial charge < -0.3 is 9.47 Å². The summed E-state index contributed by atoms with van der Waals surface area (Å²) in [7, 11) is 0. The Morgan fingerprint density at radius 1 is 0.978 bits per heavy atom. The molecule has 1 aliphatic heterocycles. The largest absolute Gasteiger partial charge is 0.487 e. The lowest BCUT2D eigenvalue weighted by atomic mass is 9.93. The zero-order chi connectivity index (χ0) is 31.5. The van der Waals surface area contributed by atoms with Crippen molar-refractivity contribution >= 4 is 85.9 Å². The van der Waals surface area contributed by atoms with Gasteiger partial charge in [-0.1, -0.05) is 95.7 Å². The zero-order valence-electron chi connectivity index (χ0n) is 23.9. The average molecular weight is 859 g/mol. The molecule has 0 spiro atoms. The Kier molecular flexibility index (Phi) is 9.88. The lowest BCUT2D eigenvalue weighted by molar-refractivity contribution is -0.138. The van der Waals surface area contributed by atoms with Crippen molar-refractivity contribution in [3.63, 3.8) is 0 Å². The topological polar surface area (TPSA) is 69.9 Å². The maximum absolute atomic E-state index is 14.2.